The van der Waals surface area contributed by atoms with Crippen LogP contribution in [-0.2, 0) is 18.2 Å². The summed E-state index contributed by atoms with van der Waals surface area (Å²) in [5.74, 6) is 2.80. The number of rotatable bonds is 7. The van der Waals surface area contributed by atoms with Crippen LogP contribution in [0, 0.1) is 17.3 Å². The minimum Gasteiger partial charge on any atom is -0.383 e. The topological polar surface area (TPSA) is 64.9 Å². The van der Waals surface area contributed by atoms with Crippen molar-refractivity contribution in [2.24, 2.45) is 24.3 Å². The Balaban J connectivity index is 1.60. The highest BCUT2D eigenvalue weighted by molar-refractivity contribution is 5.07. The Morgan fingerprint density at radius 2 is 2.21 bits per heavy atom. The Labute approximate surface area is 113 Å². The fraction of sp³-hybridized carbons (Fsp3) is 0.923. The van der Waals surface area contributed by atoms with E-state index in [4.69, 9.17) is 4.74 Å². The number of nitrogens with one attached hydrogen (secondary N) is 1. The summed E-state index contributed by atoms with van der Waals surface area (Å²) in [4.78, 5) is 1.55. The third-order valence-electron chi connectivity index (χ3n) is 4.53. The Morgan fingerprint density at radius 3 is 2.84 bits per heavy atom. The highest BCUT2D eigenvalue weighted by atomic mass is 16.5. The van der Waals surface area contributed by atoms with Gasteiger partial charge in [0.1, 0.15) is 0 Å². The summed E-state index contributed by atoms with van der Waals surface area (Å²) < 4.78 is 5.09. The van der Waals surface area contributed by atoms with Gasteiger partial charge in [-0.1, -0.05) is 0 Å². The third kappa shape index (κ3) is 2.95. The van der Waals surface area contributed by atoms with Crippen LogP contribution < -0.4 is 5.32 Å². The molecule has 6 nitrogen and oxygen atoms in total. The first-order chi connectivity index (χ1) is 9.21. The highest BCUT2D eigenvalue weighted by Crippen LogP contribution is 2.60. The van der Waals surface area contributed by atoms with Gasteiger partial charge in [-0.15, -0.1) is 10.2 Å². The van der Waals surface area contributed by atoms with Crippen molar-refractivity contribution >= 4 is 0 Å². The average Bonchev–Trinajstić information content (AvgIpc) is 2.81. The van der Waals surface area contributed by atoms with Crippen molar-refractivity contribution in [2.75, 3.05) is 26.8 Å². The summed E-state index contributed by atoms with van der Waals surface area (Å²) in [6.07, 6.45) is 5.02. The van der Waals surface area contributed by atoms with Crippen molar-refractivity contribution in [1.29, 1.82) is 0 Å². The maximum atomic E-state index is 5.09. The Kier molecular flexibility index (Phi) is 3.54. The zero-order chi connectivity index (χ0) is 13.3. The normalized spacial score (nSPS) is 32.5. The molecule has 0 saturated heterocycles. The molecular formula is C13H23N5O. The Hall–Kier alpha value is -1.01. The van der Waals surface area contributed by atoms with Crippen molar-refractivity contribution in [3.63, 3.8) is 0 Å². The molecule has 2 unspecified atom stereocenters. The summed E-state index contributed by atoms with van der Waals surface area (Å²) in [5, 5.41) is 16.0. The maximum Gasteiger partial charge on any atom is 0.175 e. The van der Waals surface area contributed by atoms with Gasteiger partial charge in [0.05, 0.1) is 13.7 Å². The Bertz CT molecular complexity index is 422. The largest absolute Gasteiger partial charge is 0.383 e. The van der Waals surface area contributed by atoms with E-state index in [-0.39, 0.29) is 0 Å². The molecule has 0 radical (unpaired) electrons. The lowest BCUT2D eigenvalue weighted by molar-refractivity contribution is 0.185. The number of hydrogen-bond acceptors (Lipinski definition) is 5. The van der Waals surface area contributed by atoms with Gasteiger partial charge < -0.3 is 10.1 Å². The van der Waals surface area contributed by atoms with Gasteiger partial charge in [0.15, 0.2) is 5.82 Å². The summed E-state index contributed by atoms with van der Waals surface area (Å²) in [6, 6.07) is 0. The molecule has 0 aliphatic heterocycles. The molecule has 2 atom stereocenters. The summed E-state index contributed by atoms with van der Waals surface area (Å²) >= 11 is 0. The van der Waals surface area contributed by atoms with Crippen LogP contribution in [0.1, 0.15) is 25.1 Å². The van der Waals surface area contributed by atoms with E-state index in [0.717, 1.165) is 43.8 Å². The van der Waals surface area contributed by atoms with Gasteiger partial charge in [-0.2, -0.15) is 4.80 Å². The van der Waals surface area contributed by atoms with Crippen LogP contribution in [0.4, 0.5) is 0 Å². The fourth-order valence-corrected chi connectivity index (χ4v) is 3.61. The van der Waals surface area contributed by atoms with E-state index in [0.29, 0.717) is 5.41 Å². The van der Waals surface area contributed by atoms with Crippen molar-refractivity contribution in [2.45, 2.75) is 25.7 Å². The minimum absolute atomic E-state index is 0.338. The van der Waals surface area contributed by atoms with E-state index in [1.54, 1.807) is 11.9 Å². The standard InChI is InChI=1S/C13H23N5O/c1-18-16-12(15-17-18)8-13(9-14-3-4-19-2)6-10-5-11(10)7-13/h10-11,14H,3-9H2,1-2H3. The number of aromatic nitrogens is 4. The Morgan fingerprint density at radius 1 is 1.42 bits per heavy atom. The van der Waals surface area contributed by atoms with Crippen LogP contribution in [0.5, 0.6) is 0 Å². The third-order valence-corrected chi connectivity index (χ3v) is 4.53. The van der Waals surface area contributed by atoms with Gasteiger partial charge >= 0.3 is 0 Å². The number of ether oxygens (including phenoxy) is 1. The first-order valence-corrected chi connectivity index (χ1v) is 7.13. The first-order valence-electron chi connectivity index (χ1n) is 7.13. The summed E-state index contributed by atoms with van der Waals surface area (Å²) in [6.45, 7) is 2.73. The molecule has 2 fully saturated rings. The molecule has 1 N–H and O–H groups in total. The lowest BCUT2D eigenvalue weighted by Crippen LogP contribution is -2.37. The van der Waals surface area contributed by atoms with Crippen LogP contribution in [0.3, 0.4) is 0 Å². The van der Waals surface area contributed by atoms with Crippen molar-refractivity contribution in [3.05, 3.63) is 5.82 Å². The predicted octanol–water partition coefficient (Wildman–Crippen LogP) is 0.405. The molecule has 0 amide bonds. The quantitative estimate of drug-likeness (QED) is 0.723. The molecule has 3 rings (SSSR count). The van der Waals surface area contributed by atoms with Gasteiger partial charge in [-0.05, 0) is 41.7 Å². The lowest BCUT2D eigenvalue weighted by atomic mass is 9.79. The molecule has 6 heteroatoms. The first kappa shape index (κ1) is 13.0. The van der Waals surface area contributed by atoms with Crippen LogP contribution in [-0.4, -0.2) is 47.0 Å². The van der Waals surface area contributed by atoms with Crippen LogP contribution in [0.2, 0.25) is 0 Å². The number of methoxy groups -OCH3 is 1. The zero-order valence-electron chi connectivity index (χ0n) is 11.8. The van der Waals surface area contributed by atoms with Crippen LogP contribution >= 0.6 is 0 Å². The van der Waals surface area contributed by atoms with E-state index >= 15 is 0 Å². The number of tetrazole rings is 1. The molecule has 0 spiro atoms. The summed E-state index contributed by atoms with van der Waals surface area (Å²) in [5.41, 5.74) is 0.338. The van der Waals surface area contributed by atoms with E-state index in [1.807, 2.05) is 7.05 Å². The molecule has 2 aliphatic rings. The highest BCUT2D eigenvalue weighted by Gasteiger charge is 2.53. The minimum atomic E-state index is 0.338. The van der Waals surface area contributed by atoms with Crippen LogP contribution in [0.15, 0.2) is 0 Å². The molecular weight excluding hydrogens is 242 g/mol. The predicted molar refractivity (Wildman–Crippen MR) is 70.5 cm³/mol. The van der Waals surface area contributed by atoms with E-state index in [1.165, 1.54) is 19.3 Å². The number of hydrogen-bond donors (Lipinski definition) is 1. The lowest BCUT2D eigenvalue weighted by Gasteiger charge is -2.30. The molecule has 0 aromatic carbocycles. The summed E-state index contributed by atoms with van der Waals surface area (Å²) in [7, 11) is 3.57. The second-order valence-electron chi connectivity index (χ2n) is 6.21. The van der Waals surface area contributed by atoms with E-state index in [9.17, 15) is 0 Å². The van der Waals surface area contributed by atoms with E-state index < -0.39 is 0 Å². The molecule has 1 heterocycles. The van der Waals surface area contributed by atoms with Gasteiger partial charge in [0.2, 0.25) is 0 Å². The van der Waals surface area contributed by atoms with Gasteiger partial charge in [0.25, 0.3) is 0 Å². The maximum absolute atomic E-state index is 5.09. The molecule has 2 aliphatic carbocycles. The molecule has 1 aromatic heterocycles. The number of nitrogens with zero attached hydrogens (tertiary/aromatic N) is 4. The number of fused-ring (bicyclic) bond motifs is 1. The van der Waals surface area contributed by atoms with Crippen LogP contribution in [0.25, 0.3) is 0 Å². The van der Waals surface area contributed by atoms with Crippen molar-refractivity contribution in [1.82, 2.24) is 25.5 Å². The molecule has 2 saturated carbocycles. The van der Waals surface area contributed by atoms with Gasteiger partial charge in [-0.25, -0.2) is 0 Å². The second-order valence-corrected chi connectivity index (χ2v) is 6.21. The molecule has 19 heavy (non-hydrogen) atoms. The fourth-order valence-electron chi connectivity index (χ4n) is 3.61. The average molecular weight is 265 g/mol. The monoisotopic (exact) mass is 265 g/mol. The van der Waals surface area contributed by atoms with Crippen molar-refractivity contribution < 1.29 is 4.74 Å². The molecule has 1 aromatic rings. The second kappa shape index (κ2) is 5.17. The zero-order valence-corrected chi connectivity index (χ0v) is 11.8. The molecule has 106 valence electrons. The number of aryl methyl sites for hydroxylation is 1. The van der Waals surface area contributed by atoms with Gasteiger partial charge in [0, 0.05) is 26.6 Å². The molecule has 0 bridgehead atoms. The van der Waals surface area contributed by atoms with Gasteiger partial charge in [-0.3, -0.25) is 0 Å². The SMILES string of the molecule is COCCNCC1(Cc2nnn(C)n2)CC2CC2C1. The van der Waals surface area contributed by atoms with Crippen molar-refractivity contribution in [3.8, 4) is 0 Å². The smallest absolute Gasteiger partial charge is 0.175 e. The van der Waals surface area contributed by atoms with E-state index in [2.05, 4.69) is 20.7 Å².